The zero-order valence-electron chi connectivity index (χ0n) is 14.1. The highest BCUT2D eigenvalue weighted by molar-refractivity contribution is 7.89. The van der Waals surface area contributed by atoms with Crippen LogP contribution in [-0.4, -0.2) is 46.5 Å². The highest BCUT2D eigenvalue weighted by atomic mass is 32.2. The molecule has 0 spiro atoms. The normalized spacial score (nSPS) is 11.9. The first-order chi connectivity index (χ1) is 11.3. The molecule has 0 saturated heterocycles. The van der Waals surface area contributed by atoms with Gasteiger partial charge in [0.2, 0.25) is 15.2 Å². The Morgan fingerprint density at radius 2 is 1.96 bits per heavy atom. The summed E-state index contributed by atoms with van der Waals surface area (Å²) in [5, 5.41) is 11.7. The van der Waals surface area contributed by atoms with Gasteiger partial charge >= 0.3 is 0 Å². The van der Waals surface area contributed by atoms with Crippen molar-refractivity contribution in [3.63, 3.8) is 0 Å². The smallest absolute Gasteiger partial charge is 0.274 e. The summed E-state index contributed by atoms with van der Waals surface area (Å²) < 4.78 is 27.9. The molecule has 0 aliphatic heterocycles. The van der Waals surface area contributed by atoms with Gasteiger partial charge in [-0.2, -0.15) is 4.31 Å². The van der Waals surface area contributed by atoms with Gasteiger partial charge in [0.1, 0.15) is 15.6 Å². The predicted molar refractivity (Wildman–Crippen MR) is 92.8 cm³/mol. The van der Waals surface area contributed by atoms with E-state index >= 15 is 0 Å². The molecule has 0 atom stereocenters. The van der Waals surface area contributed by atoms with E-state index in [2.05, 4.69) is 15.5 Å². The molecule has 132 valence electrons. The Hall–Kier alpha value is -1.78. The van der Waals surface area contributed by atoms with E-state index in [1.165, 1.54) is 32.5 Å². The van der Waals surface area contributed by atoms with Gasteiger partial charge in [-0.15, -0.1) is 10.2 Å². The maximum Gasteiger partial charge on any atom is 0.274 e. The number of carbonyl (C=O) groups is 1. The van der Waals surface area contributed by atoms with Crippen LogP contribution in [0.15, 0.2) is 17.2 Å². The van der Waals surface area contributed by atoms with E-state index in [1.54, 1.807) is 20.9 Å². The molecule has 0 aromatic carbocycles. The van der Waals surface area contributed by atoms with Gasteiger partial charge in [-0.05, 0) is 12.5 Å². The lowest BCUT2D eigenvalue weighted by Crippen LogP contribution is -2.30. The number of rotatable bonds is 7. The lowest BCUT2D eigenvalue weighted by molar-refractivity contribution is 0.101. The van der Waals surface area contributed by atoms with Gasteiger partial charge in [0, 0.05) is 26.3 Å². The largest absolute Gasteiger partial charge is 0.345 e. The summed E-state index contributed by atoms with van der Waals surface area (Å²) >= 11 is 1.30. The van der Waals surface area contributed by atoms with Crippen molar-refractivity contribution in [2.45, 2.75) is 32.1 Å². The molecule has 0 radical (unpaired) electrons. The molecule has 2 rings (SSSR count). The van der Waals surface area contributed by atoms with Gasteiger partial charge in [-0.25, -0.2) is 8.42 Å². The summed E-state index contributed by atoms with van der Waals surface area (Å²) in [5.74, 6) is -0.419. The van der Waals surface area contributed by atoms with E-state index in [1.807, 2.05) is 6.92 Å². The average molecular weight is 371 g/mol. The second-order valence-corrected chi connectivity index (χ2v) is 8.07. The van der Waals surface area contributed by atoms with Gasteiger partial charge in [0.05, 0.1) is 0 Å². The standard InChI is InChI=1S/C14H21N5O3S2/c1-5-12-16-17-14(23-12)15-13(20)11-8-10(9-18(11)4)24(21,22)19(6-2)7-3/h8-9H,5-7H2,1-4H3,(H,15,17,20). The number of carbonyl (C=O) groups excluding carboxylic acids is 1. The van der Waals surface area contributed by atoms with Crippen molar-refractivity contribution >= 4 is 32.4 Å². The third kappa shape index (κ3) is 3.65. The minimum Gasteiger partial charge on any atom is -0.345 e. The summed E-state index contributed by atoms with van der Waals surface area (Å²) in [6.45, 7) is 6.25. The van der Waals surface area contributed by atoms with E-state index < -0.39 is 15.9 Å². The Bertz CT molecular complexity index is 821. The Morgan fingerprint density at radius 3 is 2.50 bits per heavy atom. The SMILES string of the molecule is CCc1nnc(NC(=O)c2cc(S(=O)(=O)N(CC)CC)cn2C)s1. The number of amides is 1. The van der Waals surface area contributed by atoms with Crippen molar-refractivity contribution < 1.29 is 13.2 Å². The number of aryl methyl sites for hydroxylation is 2. The Labute approximate surface area is 145 Å². The number of aromatic nitrogens is 3. The van der Waals surface area contributed by atoms with Crippen molar-refractivity contribution in [3.8, 4) is 0 Å². The third-order valence-electron chi connectivity index (χ3n) is 3.55. The summed E-state index contributed by atoms with van der Waals surface area (Å²) in [6.07, 6.45) is 2.18. The van der Waals surface area contributed by atoms with Crippen LogP contribution in [0.3, 0.4) is 0 Å². The predicted octanol–water partition coefficient (Wildman–Crippen LogP) is 1.72. The van der Waals surface area contributed by atoms with Crippen LogP contribution >= 0.6 is 11.3 Å². The van der Waals surface area contributed by atoms with Crippen LogP contribution in [0.4, 0.5) is 5.13 Å². The first-order valence-electron chi connectivity index (χ1n) is 7.63. The summed E-state index contributed by atoms with van der Waals surface area (Å²) in [6, 6.07) is 1.38. The maximum absolute atomic E-state index is 12.5. The van der Waals surface area contributed by atoms with Crippen molar-refractivity contribution in [1.29, 1.82) is 0 Å². The molecule has 0 unspecified atom stereocenters. The van der Waals surface area contributed by atoms with Crippen LogP contribution in [0.1, 0.15) is 36.3 Å². The molecule has 2 aromatic rings. The molecule has 2 heterocycles. The molecular weight excluding hydrogens is 350 g/mol. The number of hydrogen-bond donors (Lipinski definition) is 1. The van der Waals surface area contributed by atoms with Crippen LogP contribution in [0, 0.1) is 0 Å². The van der Waals surface area contributed by atoms with Gasteiger partial charge in [0.25, 0.3) is 5.91 Å². The lowest BCUT2D eigenvalue weighted by Gasteiger charge is -2.17. The van der Waals surface area contributed by atoms with Crippen LogP contribution < -0.4 is 5.32 Å². The van der Waals surface area contributed by atoms with Crippen LogP contribution in [0.5, 0.6) is 0 Å². The van der Waals surface area contributed by atoms with Gasteiger partial charge in [-0.3, -0.25) is 10.1 Å². The maximum atomic E-state index is 12.5. The quantitative estimate of drug-likeness (QED) is 0.799. The molecule has 0 bridgehead atoms. The molecule has 0 aliphatic carbocycles. The zero-order valence-corrected chi connectivity index (χ0v) is 15.7. The average Bonchev–Trinajstić information content (AvgIpc) is 3.14. The minimum atomic E-state index is -3.60. The lowest BCUT2D eigenvalue weighted by atomic mass is 10.4. The number of nitrogens with one attached hydrogen (secondary N) is 1. The second-order valence-electron chi connectivity index (χ2n) is 5.07. The fourth-order valence-electron chi connectivity index (χ4n) is 2.22. The summed E-state index contributed by atoms with van der Waals surface area (Å²) in [4.78, 5) is 12.5. The molecular formula is C14H21N5O3S2. The third-order valence-corrected chi connectivity index (χ3v) is 6.54. The monoisotopic (exact) mass is 371 g/mol. The molecule has 24 heavy (non-hydrogen) atoms. The number of anilines is 1. The van der Waals surface area contributed by atoms with E-state index in [0.29, 0.717) is 18.2 Å². The molecule has 0 fully saturated rings. The fourth-order valence-corrected chi connectivity index (χ4v) is 4.43. The van der Waals surface area contributed by atoms with E-state index in [9.17, 15) is 13.2 Å². The second kappa shape index (κ2) is 7.41. The number of sulfonamides is 1. The highest BCUT2D eigenvalue weighted by Crippen LogP contribution is 2.20. The highest BCUT2D eigenvalue weighted by Gasteiger charge is 2.25. The van der Waals surface area contributed by atoms with Gasteiger partial charge in [0.15, 0.2) is 0 Å². The van der Waals surface area contributed by atoms with E-state index in [0.717, 1.165) is 11.4 Å². The Kier molecular flexibility index (Phi) is 5.73. The van der Waals surface area contributed by atoms with Crippen LogP contribution in [0.2, 0.25) is 0 Å². The van der Waals surface area contributed by atoms with E-state index in [4.69, 9.17) is 0 Å². The Balaban J connectivity index is 2.26. The van der Waals surface area contributed by atoms with Gasteiger partial charge < -0.3 is 4.57 Å². The van der Waals surface area contributed by atoms with Crippen LogP contribution in [0.25, 0.3) is 0 Å². The number of hydrogen-bond acceptors (Lipinski definition) is 6. The fraction of sp³-hybridized carbons (Fsp3) is 0.500. The van der Waals surface area contributed by atoms with Crippen molar-refractivity contribution in [3.05, 3.63) is 23.0 Å². The summed E-state index contributed by atoms with van der Waals surface area (Å²) in [5.41, 5.74) is 0.244. The summed E-state index contributed by atoms with van der Waals surface area (Å²) in [7, 11) is -1.97. The zero-order chi connectivity index (χ0) is 17.9. The van der Waals surface area contributed by atoms with Crippen LogP contribution in [-0.2, 0) is 23.5 Å². The van der Waals surface area contributed by atoms with E-state index in [-0.39, 0.29) is 10.6 Å². The first kappa shape index (κ1) is 18.6. The molecule has 8 nitrogen and oxygen atoms in total. The molecule has 0 aliphatic rings. The molecule has 2 aromatic heterocycles. The number of nitrogens with zero attached hydrogens (tertiary/aromatic N) is 4. The van der Waals surface area contributed by atoms with Crippen molar-refractivity contribution in [1.82, 2.24) is 19.1 Å². The van der Waals surface area contributed by atoms with Crippen molar-refractivity contribution in [2.24, 2.45) is 7.05 Å². The molecule has 1 amide bonds. The Morgan fingerprint density at radius 1 is 1.29 bits per heavy atom. The topological polar surface area (TPSA) is 97.2 Å². The van der Waals surface area contributed by atoms with Crippen molar-refractivity contribution in [2.75, 3.05) is 18.4 Å². The first-order valence-corrected chi connectivity index (χ1v) is 9.89. The van der Waals surface area contributed by atoms with Gasteiger partial charge in [-0.1, -0.05) is 32.1 Å². The molecule has 0 saturated carbocycles. The minimum absolute atomic E-state index is 0.102. The molecule has 10 heteroatoms. The molecule has 1 N–H and O–H groups in total.